The van der Waals surface area contributed by atoms with Crippen molar-refractivity contribution in [1.29, 1.82) is 0 Å². The molecule has 0 saturated carbocycles. The largest absolute Gasteiger partial charge is 0.391 e. The number of carbonyl (C=O) groups is 2. The summed E-state index contributed by atoms with van der Waals surface area (Å²) in [6.07, 6.45) is -0.463. The van der Waals surface area contributed by atoms with Crippen molar-refractivity contribution in [3.05, 3.63) is 34.4 Å². The van der Waals surface area contributed by atoms with E-state index in [4.69, 9.17) is 4.84 Å². The highest BCUT2D eigenvalue weighted by molar-refractivity contribution is 6.21. The maximum absolute atomic E-state index is 13.0. The number of hydrogen-bond acceptors (Lipinski definition) is 4. The molecule has 1 aromatic carbocycles. The molecule has 1 aliphatic rings. The van der Waals surface area contributed by atoms with Crippen LogP contribution in [-0.4, -0.2) is 23.6 Å². The fraction of sp³-hybridized carbons (Fsp3) is 0.550. The summed E-state index contributed by atoms with van der Waals surface area (Å²) in [6, 6.07) is 4.12. The molecule has 0 spiro atoms. The smallest absolute Gasteiger partial charge is 0.242 e. The Morgan fingerprint density at radius 1 is 1.16 bits per heavy atom. The zero-order chi connectivity index (χ0) is 19.2. The Kier molecular flexibility index (Phi) is 4.81. The topological polar surface area (TPSA) is 67.8 Å². The maximum Gasteiger partial charge on any atom is 0.242 e. The number of nitrogens with zero attached hydrogens (tertiary/aromatic N) is 1. The number of rotatable bonds is 2. The third-order valence-corrected chi connectivity index (χ3v) is 4.90. The number of hydrogen-bond donors (Lipinski definition) is 1. The second-order valence-corrected chi connectivity index (χ2v) is 8.20. The number of carbonyl (C=O) groups excluding carboxylic acids is 2. The molecule has 2 atom stereocenters. The van der Waals surface area contributed by atoms with E-state index in [0.29, 0.717) is 5.71 Å². The van der Waals surface area contributed by atoms with Crippen LogP contribution in [0.2, 0.25) is 0 Å². The molecule has 5 nitrogen and oxygen atoms in total. The second kappa shape index (κ2) is 6.28. The van der Waals surface area contributed by atoms with Gasteiger partial charge in [-0.3, -0.25) is 14.9 Å². The first kappa shape index (κ1) is 19.2. The van der Waals surface area contributed by atoms with E-state index in [2.05, 4.69) is 22.6 Å². The molecule has 25 heavy (non-hydrogen) atoms. The number of oxime groups is 1. The second-order valence-electron chi connectivity index (χ2n) is 8.20. The van der Waals surface area contributed by atoms with Gasteiger partial charge in [0.05, 0.1) is 0 Å². The first-order valence-electron chi connectivity index (χ1n) is 8.57. The molecular formula is C20H28N2O3. The maximum atomic E-state index is 13.0. The summed E-state index contributed by atoms with van der Waals surface area (Å²) >= 11 is 0. The van der Waals surface area contributed by atoms with E-state index in [-0.39, 0.29) is 11.8 Å². The van der Waals surface area contributed by atoms with E-state index in [0.717, 1.165) is 22.3 Å². The van der Waals surface area contributed by atoms with Crippen molar-refractivity contribution in [3.8, 4) is 0 Å². The van der Waals surface area contributed by atoms with Crippen LogP contribution in [0.3, 0.4) is 0 Å². The Hall–Kier alpha value is -2.17. The lowest BCUT2D eigenvalue weighted by Crippen LogP contribution is -2.52. The van der Waals surface area contributed by atoms with Crippen LogP contribution in [0.15, 0.2) is 17.3 Å². The average molecular weight is 344 g/mol. The molecule has 136 valence electrons. The summed E-state index contributed by atoms with van der Waals surface area (Å²) in [4.78, 5) is 30.8. The molecule has 1 aliphatic heterocycles. The van der Waals surface area contributed by atoms with Gasteiger partial charge in [-0.15, -0.1) is 0 Å². The van der Waals surface area contributed by atoms with Gasteiger partial charge < -0.3 is 4.84 Å². The Balaban J connectivity index is 2.47. The first-order chi connectivity index (χ1) is 11.4. The Morgan fingerprint density at radius 2 is 1.68 bits per heavy atom. The molecule has 0 saturated heterocycles. The van der Waals surface area contributed by atoms with Crippen LogP contribution in [0, 0.1) is 31.6 Å². The number of imide groups is 1. The van der Waals surface area contributed by atoms with Crippen LogP contribution in [0.5, 0.6) is 0 Å². The fourth-order valence-corrected chi connectivity index (χ4v) is 3.10. The van der Waals surface area contributed by atoms with Gasteiger partial charge in [-0.2, -0.15) is 0 Å². The normalized spacial score (nSPS) is 23.0. The van der Waals surface area contributed by atoms with Crippen molar-refractivity contribution < 1.29 is 14.4 Å². The molecule has 0 bridgehead atoms. The molecule has 1 N–H and O–H groups in total. The minimum atomic E-state index is -1.04. The molecule has 0 fully saturated rings. The van der Waals surface area contributed by atoms with Gasteiger partial charge >= 0.3 is 0 Å². The van der Waals surface area contributed by atoms with E-state index in [1.807, 2.05) is 20.8 Å². The molecule has 0 aliphatic carbocycles. The summed E-state index contributed by atoms with van der Waals surface area (Å²) in [5.41, 5.74) is 3.03. The summed E-state index contributed by atoms with van der Waals surface area (Å²) in [5, 5.41) is 6.77. The molecule has 2 amide bonds. The molecule has 1 aromatic rings. The van der Waals surface area contributed by atoms with E-state index < -0.39 is 16.9 Å². The highest BCUT2D eigenvalue weighted by Crippen LogP contribution is 2.38. The predicted molar refractivity (Wildman–Crippen MR) is 98.4 cm³/mol. The van der Waals surface area contributed by atoms with Gasteiger partial charge in [-0.1, -0.05) is 43.6 Å². The summed E-state index contributed by atoms with van der Waals surface area (Å²) < 4.78 is 0. The van der Waals surface area contributed by atoms with Crippen molar-refractivity contribution in [3.63, 3.8) is 0 Å². The van der Waals surface area contributed by atoms with Crippen LogP contribution in [0.25, 0.3) is 0 Å². The van der Waals surface area contributed by atoms with Crippen LogP contribution >= 0.6 is 0 Å². The lowest BCUT2D eigenvalue weighted by molar-refractivity contribution is -0.140. The minimum Gasteiger partial charge on any atom is -0.391 e. The molecule has 0 aromatic heterocycles. The van der Waals surface area contributed by atoms with Crippen LogP contribution in [-0.2, 0) is 14.4 Å². The summed E-state index contributed by atoms with van der Waals surface area (Å²) in [6.45, 7) is 14.9. The fourth-order valence-electron chi connectivity index (χ4n) is 3.10. The van der Waals surface area contributed by atoms with E-state index in [1.165, 1.54) is 0 Å². The van der Waals surface area contributed by atoms with E-state index in [9.17, 15) is 9.59 Å². The molecule has 0 unspecified atom stereocenters. The molecule has 0 radical (unpaired) electrons. The van der Waals surface area contributed by atoms with Crippen molar-refractivity contribution in [2.45, 2.75) is 61.5 Å². The van der Waals surface area contributed by atoms with Crippen LogP contribution in [0.1, 0.15) is 56.9 Å². The lowest BCUT2D eigenvalue weighted by Gasteiger charge is -2.29. The first-order valence-corrected chi connectivity index (χ1v) is 8.57. The van der Waals surface area contributed by atoms with E-state index in [1.54, 1.807) is 34.6 Å². The lowest BCUT2D eigenvalue weighted by atomic mass is 9.74. The molecule has 5 heteroatoms. The van der Waals surface area contributed by atoms with Gasteiger partial charge in [0.15, 0.2) is 0 Å². The van der Waals surface area contributed by atoms with Gasteiger partial charge in [0.1, 0.15) is 17.2 Å². The van der Waals surface area contributed by atoms with E-state index >= 15 is 0 Å². The standard InChI is InChI=1S/C20H28N2O3/c1-11-9-12(2)15(13(3)10-11)16-20(8,14(4)25-22-16)18(24)21-17(23)19(5,6)7/h9-10,14H,1-8H3,(H,21,23,24)/t14-,20-/m1/s1. The van der Waals surface area contributed by atoms with Crippen LogP contribution < -0.4 is 5.32 Å². The SMILES string of the molecule is Cc1cc(C)c(C2=NO[C@H](C)[C@@]2(C)C(=O)NC(=O)C(C)(C)C)c(C)c1. The average Bonchev–Trinajstić information content (AvgIpc) is 2.75. The predicted octanol–water partition coefficient (Wildman–Crippen LogP) is 3.43. The minimum absolute atomic E-state index is 0.311. The highest BCUT2D eigenvalue weighted by atomic mass is 16.6. The molecular weight excluding hydrogens is 316 g/mol. The quantitative estimate of drug-likeness (QED) is 0.894. The van der Waals surface area contributed by atoms with Crippen molar-refractivity contribution in [1.82, 2.24) is 5.32 Å². The number of benzene rings is 1. The molecule has 1 heterocycles. The molecule has 2 rings (SSSR count). The van der Waals surface area contributed by atoms with Crippen molar-refractivity contribution >= 4 is 17.5 Å². The third-order valence-electron chi connectivity index (χ3n) is 4.90. The Morgan fingerprint density at radius 3 is 2.16 bits per heavy atom. The Bertz CT molecular complexity index is 736. The summed E-state index contributed by atoms with van der Waals surface area (Å²) in [5.74, 6) is -0.690. The zero-order valence-electron chi connectivity index (χ0n) is 16.4. The van der Waals surface area contributed by atoms with Gasteiger partial charge in [-0.25, -0.2) is 0 Å². The number of nitrogens with one attached hydrogen (secondary N) is 1. The van der Waals surface area contributed by atoms with Crippen molar-refractivity contribution in [2.24, 2.45) is 16.0 Å². The number of aryl methyl sites for hydroxylation is 3. The summed E-state index contributed by atoms with van der Waals surface area (Å²) in [7, 11) is 0. The van der Waals surface area contributed by atoms with Crippen LogP contribution in [0.4, 0.5) is 0 Å². The van der Waals surface area contributed by atoms with Crippen molar-refractivity contribution in [2.75, 3.05) is 0 Å². The third kappa shape index (κ3) is 3.32. The highest BCUT2D eigenvalue weighted by Gasteiger charge is 2.51. The van der Waals surface area contributed by atoms with Gasteiger partial charge in [0, 0.05) is 11.0 Å². The van der Waals surface area contributed by atoms with Gasteiger partial charge in [0.2, 0.25) is 11.8 Å². The van der Waals surface area contributed by atoms with Gasteiger partial charge in [-0.05, 0) is 45.7 Å². The monoisotopic (exact) mass is 344 g/mol. The van der Waals surface area contributed by atoms with Gasteiger partial charge in [0.25, 0.3) is 0 Å². The Labute approximate surface area is 149 Å². The zero-order valence-corrected chi connectivity index (χ0v) is 16.4. The number of amides is 2.